The first-order chi connectivity index (χ1) is 8.84. The third-order valence-electron chi connectivity index (χ3n) is 2.37. The van der Waals surface area contributed by atoms with Crippen LogP contribution in [0.3, 0.4) is 0 Å². The van der Waals surface area contributed by atoms with E-state index in [4.69, 9.17) is 9.05 Å². The molecule has 0 saturated carbocycles. The Hall–Kier alpha value is -0.653. The van der Waals surface area contributed by atoms with Gasteiger partial charge < -0.3 is 13.9 Å². The molecule has 0 heterocycles. The topological polar surface area (TPSA) is 38.7 Å². The second-order valence-corrected chi connectivity index (χ2v) is 4.75. The van der Waals surface area contributed by atoms with E-state index in [0.717, 1.165) is 11.1 Å². The van der Waals surface area contributed by atoms with E-state index in [0.29, 0.717) is 13.2 Å². The van der Waals surface area contributed by atoms with Crippen molar-refractivity contribution < 1.29 is 13.9 Å². The molecule has 0 radical (unpaired) electrons. The van der Waals surface area contributed by atoms with Crippen LogP contribution in [-0.4, -0.2) is 23.8 Å². The van der Waals surface area contributed by atoms with E-state index in [2.05, 4.69) is 0 Å². The molecule has 0 aliphatic heterocycles. The summed E-state index contributed by atoms with van der Waals surface area (Å²) in [6.45, 7) is 0.718. The summed E-state index contributed by atoms with van der Waals surface area (Å²) < 4.78 is 10.5. The van der Waals surface area contributed by atoms with Crippen LogP contribution in [0.25, 0.3) is 0 Å². The molecule has 0 fully saturated rings. The molecule has 1 N–H and O–H groups in total. The van der Waals surface area contributed by atoms with Gasteiger partial charge in [0.2, 0.25) is 0 Å². The number of benzene rings is 2. The van der Waals surface area contributed by atoms with E-state index in [-0.39, 0.29) is 18.9 Å². The van der Waals surface area contributed by atoms with Gasteiger partial charge in [0.1, 0.15) is 0 Å². The number of hydrogen-bond donors (Lipinski definition) is 1. The van der Waals surface area contributed by atoms with Crippen LogP contribution in [0.2, 0.25) is 0 Å². The van der Waals surface area contributed by atoms with Crippen molar-refractivity contribution in [2.45, 2.75) is 13.2 Å². The van der Waals surface area contributed by atoms with Gasteiger partial charge in [-0.1, -0.05) is 60.7 Å². The minimum atomic E-state index is -1.83. The molecule has 0 unspecified atom stereocenters. The minimum absolute atomic E-state index is 0. The molecule has 0 aliphatic carbocycles. The van der Waals surface area contributed by atoms with E-state index in [1.807, 2.05) is 60.7 Å². The summed E-state index contributed by atoms with van der Waals surface area (Å²) in [6, 6.07) is 19.4. The molecule has 0 atom stereocenters. The fourth-order valence-corrected chi connectivity index (χ4v) is 2.04. The Bertz CT molecular complexity index is 409. The molecule has 0 bridgehead atoms. The zero-order valence-corrected chi connectivity index (χ0v) is 10.8. The Balaban J connectivity index is 0.00000180. The monoisotopic (exact) mass is 270 g/mol. The van der Waals surface area contributed by atoms with E-state index in [9.17, 15) is 4.89 Å². The first-order valence-corrected chi connectivity index (χ1v) is 6.80. The van der Waals surface area contributed by atoms with E-state index >= 15 is 0 Å². The summed E-state index contributed by atoms with van der Waals surface area (Å²) in [5, 5.41) is 0. The van der Waals surface area contributed by atoms with Crippen LogP contribution in [0, 0.1) is 0 Å². The predicted molar refractivity (Wildman–Crippen MR) is 78.7 cm³/mol. The molecule has 5 heteroatoms. The number of hydrogen-bond acceptors (Lipinski definition) is 3. The second kappa shape index (κ2) is 9.28. The van der Waals surface area contributed by atoms with Gasteiger partial charge in [0, 0.05) is 0 Å². The molecule has 96 valence electrons. The molecule has 0 amide bonds. The van der Waals surface area contributed by atoms with E-state index < -0.39 is 8.60 Å². The molecular weight excluding hydrogens is 254 g/mol. The van der Waals surface area contributed by atoms with Gasteiger partial charge in [0.25, 0.3) is 0 Å². The normalized spacial score (nSPS) is 10.2. The summed E-state index contributed by atoms with van der Waals surface area (Å²) in [7, 11) is -1.83. The van der Waals surface area contributed by atoms with Crippen LogP contribution in [0.4, 0.5) is 0 Å². The van der Waals surface area contributed by atoms with Crippen LogP contribution in [0.1, 0.15) is 11.1 Å². The maximum absolute atomic E-state index is 9.59. The van der Waals surface area contributed by atoms with Gasteiger partial charge in [-0.05, 0) is 11.1 Å². The molecule has 0 spiro atoms. The van der Waals surface area contributed by atoms with Crippen molar-refractivity contribution in [3.05, 3.63) is 71.8 Å². The molecule has 0 saturated heterocycles. The van der Waals surface area contributed by atoms with Crippen molar-refractivity contribution in [3.63, 3.8) is 0 Å². The molecule has 2 aromatic rings. The first-order valence-electron chi connectivity index (χ1n) is 5.67. The third-order valence-corrected chi connectivity index (χ3v) is 3.07. The first kappa shape index (κ1) is 16.4. The van der Waals surface area contributed by atoms with Crippen molar-refractivity contribution in [1.29, 1.82) is 0 Å². The Labute approximate surface area is 126 Å². The van der Waals surface area contributed by atoms with E-state index in [1.165, 1.54) is 0 Å². The van der Waals surface area contributed by atoms with Crippen LogP contribution < -0.4 is 0 Å². The quantitative estimate of drug-likeness (QED) is 0.647. The van der Waals surface area contributed by atoms with Gasteiger partial charge in [-0.3, -0.25) is 0 Å². The van der Waals surface area contributed by atoms with Crippen molar-refractivity contribution in [2.75, 3.05) is 0 Å². The Morgan fingerprint density at radius 1 is 0.737 bits per heavy atom. The van der Waals surface area contributed by atoms with Gasteiger partial charge in [-0.25, -0.2) is 0 Å². The zero-order valence-electron chi connectivity index (χ0n) is 9.90. The van der Waals surface area contributed by atoms with Gasteiger partial charge in [-0.15, -0.1) is 0 Å². The third kappa shape index (κ3) is 6.36. The van der Waals surface area contributed by atoms with Crippen molar-refractivity contribution in [2.24, 2.45) is 0 Å². The van der Waals surface area contributed by atoms with Gasteiger partial charge in [0.05, 0.1) is 13.2 Å². The van der Waals surface area contributed by atoms with Crippen LogP contribution in [0.15, 0.2) is 60.7 Å². The average molecular weight is 270 g/mol. The molecule has 3 nitrogen and oxygen atoms in total. The zero-order chi connectivity index (χ0) is 12.6. The molecule has 2 aromatic carbocycles. The van der Waals surface area contributed by atoms with Crippen molar-refractivity contribution in [3.8, 4) is 0 Å². The average Bonchev–Trinajstić information content (AvgIpc) is 2.45. The second-order valence-electron chi connectivity index (χ2n) is 3.76. The fraction of sp³-hybridized carbons (Fsp3) is 0.143. The van der Waals surface area contributed by atoms with Gasteiger partial charge in [0.15, 0.2) is 0 Å². The molecule has 19 heavy (non-hydrogen) atoms. The summed E-state index contributed by atoms with van der Waals surface area (Å²) in [4.78, 5) is 9.59. The summed E-state index contributed by atoms with van der Waals surface area (Å²) >= 11 is 0. The predicted octanol–water partition coefficient (Wildman–Crippen LogP) is 2.99. The SMILES string of the molecule is OP(OCc1ccccc1)OCc1ccccc1.[LiH]. The van der Waals surface area contributed by atoms with Crippen molar-refractivity contribution >= 4 is 27.5 Å². The Kier molecular flexibility index (Phi) is 8.01. The van der Waals surface area contributed by atoms with E-state index in [1.54, 1.807) is 0 Å². The summed E-state index contributed by atoms with van der Waals surface area (Å²) in [5.41, 5.74) is 2.03. The van der Waals surface area contributed by atoms with Crippen LogP contribution >= 0.6 is 8.60 Å². The van der Waals surface area contributed by atoms with Gasteiger partial charge in [-0.2, -0.15) is 0 Å². The molecule has 2 rings (SSSR count). The number of rotatable bonds is 6. The maximum atomic E-state index is 9.59. The standard InChI is InChI=1S/C14H15O3P.Li.H/c15-18(16-11-13-7-3-1-4-8-13)17-12-14-9-5-2-6-10-14;;/h1-10,15H,11-12H2;;. The van der Waals surface area contributed by atoms with Crippen molar-refractivity contribution in [1.82, 2.24) is 0 Å². The molecule has 0 aromatic heterocycles. The fourth-order valence-electron chi connectivity index (χ4n) is 1.45. The van der Waals surface area contributed by atoms with Gasteiger partial charge >= 0.3 is 27.5 Å². The van der Waals surface area contributed by atoms with Crippen LogP contribution in [-0.2, 0) is 22.3 Å². The Morgan fingerprint density at radius 2 is 1.11 bits per heavy atom. The summed E-state index contributed by atoms with van der Waals surface area (Å²) in [5.74, 6) is 0. The molecule has 0 aliphatic rings. The molecular formula is C14H16LiO3P. The summed E-state index contributed by atoms with van der Waals surface area (Å²) in [6.07, 6.45) is 0. The van der Waals surface area contributed by atoms with Crippen LogP contribution in [0.5, 0.6) is 0 Å². The Morgan fingerprint density at radius 3 is 1.47 bits per heavy atom.